The zero-order valence-corrected chi connectivity index (χ0v) is 12.0. The number of benzene rings is 1. The molecular formula is C16H18F3NO2. The Morgan fingerprint density at radius 3 is 2.50 bits per heavy atom. The summed E-state index contributed by atoms with van der Waals surface area (Å²) in [5.74, 6) is 0.144. The fraction of sp³-hybridized carbons (Fsp3) is 0.562. The van der Waals surface area contributed by atoms with Crippen LogP contribution in [-0.4, -0.2) is 35.6 Å². The third kappa shape index (κ3) is 2.97. The maximum Gasteiger partial charge on any atom is 0.416 e. The van der Waals surface area contributed by atoms with Crippen molar-refractivity contribution in [3.05, 3.63) is 35.4 Å². The lowest BCUT2D eigenvalue weighted by Gasteiger charge is -2.16. The summed E-state index contributed by atoms with van der Waals surface area (Å²) >= 11 is 0. The van der Waals surface area contributed by atoms with E-state index in [2.05, 4.69) is 0 Å². The van der Waals surface area contributed by atoms with Gasteiger partial charge in [0.05, 0.1) is 5.56 Å². The summed E-state index contributed by atoms with van der Waals surface area (Å²) in [5.41, 5.74) is 0.134. The second-order valence-corrected chi connectivity index (χ2v) is 6.19. The summed E-state index contributed by atoms with van der Waals surface area (Å²) in [6.07, 6.45) is -2.81. The van der Waals surface area contributed by atoms with E-state index in [-0.39, 0.29) is 30.3 Å². The third-order valence-corrected chi connectivity index (χ3v) is 4.63. The molecule has 1 saturated carbocycles. The van der Waals surface area contributed by atoms with Crippen LogP contribution in [0.2, 0.25) is 0 Å². The first-order valence-electron chi connectivity index (χ1n) is 7.47. The van der Waals surface area contributed by atoms with Crippen LogP contribution >= 0.6 is 0 Å². The number of likely N-dealkylation sites (tertiary alicyclic amines) is 1. The average molecular weight is 313 g/mol. The topological polar surface area (TPSA) is 40.5 Å². The number of aliphatic hydroxyl groups is 1. The highest BCUT2D eigenvalue weighted by molar-refractivity contribution is 5.83. The number of rotatable bonds is 3. The molecule has 120 valence electrons. The van der Waals surface area contributed by atoms with Gasteiger partial charge in [0.2, 0.25) is 5.91 Å². The van der Waals surface area contributed by atoms with Crippen molar-refractivity contribution in [1.29, 1.82) is 0 Å². The zero-order chi connectivity index (χ0) is 15.9. The fourth-order valence-corrected chi connectivity index (χ4v) is 3.17. The van der Waals surface area contributed by atoms with Crippen molar-refractivity contribution < 1.29 is 23.1 Å². The summed E-state index contributed by atoms with van der Waals surface area (Å²) in [5, 5.41) is 9.11. The molecule has 3 atom stereocenters. The normalized spacial score (nSPS) is 28.0. The molecule has 3 unspecified atom stereocenters. The molecule has 2 aliphatic rings. The van der Waals surface area contributed by atoms with Crippen LogP contribution in [0.15, 0.2) is 24.3 Å². The number of alkyl halides is 3. The van der Waals surface area contributed by atoms with Crippen molar-refractivity contribution in [2.75, 3.05) is 19.7 Å². The van der Waals surface area contributed by atoms with Crippen LogP contribution in [0.3, 0.4) is 0 Å². The molecule has 6 heteroatoms. The number of carbonyl (C=O) groups is 1. The summed E-state index contributed by atoms with van der Waals surface area (Å²) in [4.78, 5) is 14.1. The molecule has 0 radical (unpaired) electrons. The van der Waals surface area contributed by atoms with Gasteiger partial charge in [0.1, 0.15) is 0 Å². The number of amides is 1. The molecule has 0 aromatic heterocycles. The summed E-state index contributed by atoms with van der Waals surface area (Å²) in [6, 6.07) is 5.10. The minimum absolute atomic E-state index is 0.0305. The van der Waals surface area contributed by atoms with Gasteiger partial charge < -0.3 is 10.0 Å². The van der Waals surface area contributed by atoms with E-state index in [1.54, 1.807) is 4.90 Å². The Labute approximate surface area is 126 Å². The van der Waals surface area contributed by atoms with E-state index < -0.39 is 11.7 Å². The second kappa shape index (κ2) is 5.57. The van der Waals surface area contributed by atoms with Gasteiger partial charge in [0.25, 0.3) is 0 Å². The number of hydrogen-bond acceptors (Lipinski definition) is 2. The summed E-state index contributed by atoms with van der Waals surface area (Å²) < 4.78 is 37.6. The average Bonchev–Trinajstić information content (AvgIpc) is 3.14. The molecule has 1 aromatic carbocycles. The van der Waals surface area contributed by atoms with Gasteiger partial charge in [-0.3, -0.25) is 4.79 Å². The first kappa shape index (κ1) is 15.3. The maximum atomic E-state index is 12.5. The van der Waals surface area contributed by atoms with Crippen LogP contribution in [-0.2, 0) is 11.0 Å². The van der Waals surface area contributed by atoms with E-state index in [9.17, 15) is 18.0 Å². The van der Waals surface area contributed by atoms with Gasteiger partial charge in [-0.25, -0.2) is 0 Å². The van der Waals surface area contributed by atoms with E-state index in [0.717, 1.165) is 24.1 Å². The van der Waals surface area contributed by atoms with Crippen LogP contribution < -0.4 is 0 Å². The SMILES string of the molecule is O=C(C1CC1c1ccc(C(F)(F)F)cc1)N1CCC(CO)C1. The van der Waals surface area contributed by atoms with Crippen LogP contribution in [0.4, 0.5) is 13.2 Å². The molecule has 0 spiro atoms. The second-order valence-electron chi connectivity index (χ2n) is 6.19. The molecular weight excluding hydrogens is 295 g/mol. The third-order valence-electron chi connectivity index (χ3n) is 4.63. The zero-order valence-electron chi connectivity index (χ0n) is 12.0. The van der Waals surface area contributed by atoms with Gasteiger partial charge in [-0.15, -0.1) is 0 Å². The van der Waals surface area contributed by atoms with Gasteiger partial charge >= 0.3 is 6.18 Å². The number of halogens is 3. The van der Waals surface area contributed by atoms with Crippen molar-refractivity contribution in [3.63, 3.8) is 0 Å². The number of nitrogens with zero attached hydrogens (tertiary/aromatic N) is 1. The molecule has 3 nitrogen and oxygen atoms in total. The molecule has 1 aliphatic carbocycles. The largest absolute Gasteiger partial charge is 0.416 e. The molecule has 1 saturated heterocycles. The molecule has 0 bridgehead atoms. The van der Waals surface area contributed by atoms with Crippen LogP contribution in [0, 0.1) is 11.8 Å². The highest BCUT2D eigenvalue weighted by Crippen LogP contribution is 2.49. The number of aliphatic hydroxyl groups excluding tert-OH is 1. The Balaban J connectivity index is 1.61. The molecule has 1 aliphatic heterocycles. The lowest BCUT2D eigenvalue weighted by molar-refractivity contribution is -0.137. The van der Waals surface area contributed by atoms with Gasteiger partial charge in [-0.2, -0.15) is 13.2 Å². The Morgan fingerprint density at radius 1 is 1.27 bits per heavy atom. The molecule has 1 N–H and O–H groups in total. The predicted molar refractivity (Wildman–Crippen MR) is 74.1 cm³/mol. The first-order chi connectivity index (χ1) is 10.4. The van der Waals surface area contributed by atoms with Crippen molar-refractivity contribution in [3.8, 4) is 0 Å². The minimum Gasteiger partial charge on any atom is -0.396 e. The van der Waals surface area contributed by atoms with Crippen molar-refractivity contribution >= 4 is 5.91 Å². The van der Waals surface area contributed by atoms with Gasteiger partial charge in [-0.1, -0.05) is 12.1 Å². The monoisotopic (exact) mass is 313 g/mol. The lowest BCUT2D eigenvalue weighted by atomic mass is 10.1. The lowest BCUT2D eigenvalue weighted by Crippen LogP contribution is -2.30. The highest BCUT2D eigenvalue weighted by Gasteiger charge is 2.46. The van der Waals surface area contributed by atoms with Gasteiger partial charge in [-0.05, 0) is 36.5 Å². The molecule has 3 rings (SSSR count). The van der Waals surface area contributed by atoms with Crippen LogP contribution in [0.1, 0.15) is 29.9 Å². The maximum absolute atomic E-state index is 12.5. The van der Waals surface area contributed by atoms with Gasteiger partial charge in [0, 0.05) is 31.5 Å². The van der Waals surface area contributed by atoms with E-state index in [1.807, 2.05) is 0 Å². The van der Waals surface area contributed by atoms with Crippen LogP contribution in [0.5, 0.6) is 0 Å². The Morgan fingerprint density at radius 2 is 1.95 bits per heavy atom. The fourth-order valence-electron chi connectivity index (χ4n) is 3.17. The molecule has 1 aromatic rings. The summed E-state index contributed by atoms with van der Waals surface area (Å²) in [7, 11) is 0. The van der Waals surface area contributed by atoms with E-state index >= 15 is 0 Å². The molecule has 1 amide bonds. The quantitative estimate of drug-likeness (QED) is 0.932. The molecule has 2 fully saturated rings. The smallest absolute Gasteiger partial charge is 0.396 e. The minimum atomic E-state index is -4.33. The Bertz CT molecular complexity index is 556. The standard InChI is InChI=1S/C16H18F3NO2/c17-16(18,19)12-3-1-11(2-4-12)13-7-14(13)15(22)20-6-5-10(8-20)9-21/h1-4,10,13-14,21H,5-9H2. The van der Waals surface area contributed by atoms with E-state index in [0.29, 0.717) is 19.5 Å². The molecule has 1 heterocycles. The van der Waals surface area contributed by atoms with Gasteiger partial charge in [0.15, 0.2) is 0 Å². The summed E-state index contributed by atoms with van der Waals surface area (Å²) in [6.45, 7) is 1.35. The van der Waals surface area contributed by atoms with Crippen LogP contribution in [0.25, 0.3) is 0 Å². The van der Waals surface area contributed by atoms with Crippen molar-refractivity contribution in [2.24, 2.45) is 11.8 Å². The highest BCUT2D eigenvalue weighted by atomic mass is 19.4. The Kier molecular flexibility index (Phi) is 3.89. The first-order valence-corrected chi connectivity index (χ1v) is 7.47. The van der Waals surface area contributed by atoms with E-state index in [1.165, 1.54) is 12.1 Å². The number of carbonyl (C=O) groups excluding carboxylic acids is 1. The van der Waals surface area contributed by atoms with E-state index in [4.69, 9.17) is 5.11 Å². The molecule has 22 heavy (non-hydrogen) atoms. The van der Waals surface area contributed by atoms with Crippen molar-refractivity contribution in [1.82, 2.24) is 4.90 Å². The Hall–Kier alpha value is -1.56. The van der Waals surface area contributed by atoms with Crippen molar-refractivity contribution in [2.45, 2.75) is 24.9 Å². The number of hydrogen-bond donors (Lipinski definition) is 1. The predicted octanol–water partition coefficient (Wildman–Crippen LogP) is 2.65.